The van der Waals surface area contributed by atoms with Gasteiger partial charge in [-0.25, -0.2) is 4.39 Å². The molecule has 0 radical (unpaired) electrons. The Hall–Kier alpha value is -1.79. The van der Waals surface area contributed by atoms with Crippen LogP contribution in [0.1, 0.15) is 18.7 Å². The second-order valence-electron chi connectivity index (χ2n) is 4.67. The highest BCUT2D eigenvalue weighted by atomic mass is 19.1. The molecule has 0 saturated carbocycles. The first-order valence-corrected chi connectivity index (χ1v) is 6.15. The van der Waals surface area contributed by atoms with E-state index in [1.54, 1.807) is 18.2 Å². The molecule has 1 saturated heterocycles. The minimum absolute atomic E-state index is 0.226. The standard InChI is InChI=1S/C13H14FN3O2/c14-10-4-2-1-3-9(10)11-16-12(19-17-11)13(15)5-7-18-8-6-13/h1-4H,5-8,15H2. The summed E-state index contributed by atoms with van der Waals surface area (Å²) < 4.78 is 24.1. The molecule has 0 unspecified atom stereocenters. The molecule has 1 aliphatic heterocycles. The van der Waals surface area contributed by atoms with E-state index in [2.05, 4.69) is 10.1 Å². The van der Waals surface area contributed by atoms with Gasteiger partial charge in [0.25, 0.3) is 0 Å². The Morgan fingerprint density at radius 3 is 2.68 bits per heavy atom. The van der Waals surface area contributed by atoms with Gasteiger partial charge in [-0.15, -0.1) is 0 Å². The van der Waals surface area contributed by atoms with E-state index in [4.69, 9.17) is 15.0 Å². The lowest BCUT2D eigenvalue weighted by atomic mass is 9.91. The summed E-state index contributed by atoms with van der Waals surface area (Å²) in [6.07, 6.45) is 1.23. The lowest BCUT2D eigenvalue weighted by Gasteiger charge is -2.29. The van der Waals surface area contributed by atoms with E-state index in [0.717, 1.165) is 0 Å². The molecule has 3 rings (SSSR count). The third-order valence-electron chi connectivity index (χ3n) is 3.35. The van der Waals surface area contributed by atoms with Gasteiger partial charge < -0.3 is 15.0 Å². The molecule has 1 aromatic heterocycles. The topological polar surface area (TPSA) is 74.2 Å². The Labute approximate surface area is 109 Å². The molecule has 0 aliphatic carbocycles. The number of nitrogens with two attached hydrogens (primary N) is 1. The van der Waals surface area contributed by atoms with Crippen molar-refractivity contribution in [2.75, 3.05) is 13.2 Å². The number of benzene rings is 1. The van der Waals surface area contributed by atoms with E-state index >= 15 is 0 Å². The second kappa shape index (κ2) is 4.71. The minimum atomic E-state index is -0.672. The van der Waals surface area contributed by atoms with Gasteiger partial charge in [0.1, 0.15) is 11.4 Å². The van der Waals surface area contributed by atoms with Gasteiger partial charge in [0.05, 0.1) is 5.56 Å². The third kappa shape index (κ3) is 2.24. The molecule has 6 heteroatoms. The molecule has 1 fully saturated rings. The van der Waals surface area contributed by atoms with Crippen LogP contribution in [-0.2, 0) is 10.3 Å². The fourth-order valence-electron chi connectivity index (χ4n) is 2.13. The zero-order valence-electron chi connectivity index (χ0n) is 10.3. The zero-order chi connectivity index (χ0) is 13.3. The van der Waals surface area contributed by atoms with Crippen LogP contribution in [0.3, 0.4) is 0 Å². The number of rotatable bonds is 2. The normalized spacial score (nSPS) is 18.4. The molecule has 0 spiro atoms. The highest BCUT2D eigenvalue weighted by Crippen LogP contribution is 2.30. The number of halogens is 1. The molecule has 1 aromatic carbocycles. The molecule has 0 atom stereocenters. The number of hydrogen-bond acceptors (Lipinski definition) is 5. The number of aromatic nitrogens is 2. The Kier molecular flexibility index (Phi) is 3.04. The number of ether oxygens (including phenoxy) is 1. The van der Waals surface area contributed by atoms with Gasteiger partial charge in [-0.3, -0.25) is 0 Å². The van der Waals surface area contributed by atoms with Gasteiger partial charge in [0.15, 0.2) is 0 Å². The third-order valence-corrected chi connectivity index (χ3v) is 3.35. The quantitative estimate of drug-likeness (QED) is 0.894. The maximum Gasteiger partial charge on any atom is 0.247 e. The van der Waals surface area contributed by atoms with Crippen LogP contribution < -0.4 is 5.73 Å². The summed E-state index contributed by atoms with van der Waals surface area (Å²) in [6.45, 7) is 1.13. The molecule has 1 aliphatic rings. The smallest absolute Gasteiger partial charge is 0.247 e. The van der Waals surface area contributed by atoms with Gasteiger partial charge in [-0.05, 0) is 25.0 Å². The van der Waals surface area contributed by atoms with Crippen molar-refractivity contribution in [1.82, 2.24) is 10.1 Å². The molecule has 2 aromatic rings. The molecule has 2 N–H and O–H groups in total. The van der Waals surface area contributed by atoms with Gasteiger partial charge in [-0.1, -0.05) is 17.3 Å². The summed E-state index contributed by atoms with van der Waals surface area (Å²) in [7, 11) is 0. The predicted molar refractivity (Wildman–Crippen MR) is 65.6 cm³/mol. The molecule has 2 heterocycles. The molecule has 5 nitrogen and oxygen atoms in total. The molecular formula is C13H14FN3O2. The molecule has 0 bridgehead atoms. The van der Waals surface area contributed by atoms with Gasteiger partial charge in [0.2, 0.25) is 11.7 Å². The van der Waals surface area contributed by atoms with Crippen LogP contribution in [0.25, 0.3) is 11.4 Å². The maximum atomic E-state index is 13.6. The number of nitrogens with zero attached hydrogens (tertiary/aromatic N) is 2. The summed E-state index contributed by atoms with van der Waals surface area (Å²) in [4.78, 5) is 4.24. The monoisotopic (exact) mass is 263 g/mol. The van der Waals surface area contributed by atoms with Crippen molar-refractivity contribution in [2.24, 2.45) is 5.73 Å². The molecule has 100 valence electrons. The van der Waals surface area contributed by atoms with Gasteiger partial charge in [-0.2, -0.15) is 4.98 Å². The fraction of sp³-hybridized carbons (Fsp3) is 0.385. The fourth-order valence-corrected chi connectivity index (χ4v) is 2.13. The van der Waals surface area contributed by atoms with Crippen molar-refractivity contribution in [3.8, 4) is 11.4 Å². The van der Waals surface area contributed by atoms with Crippen LogP contribution >= 0.6 is 0 Å². The lowest BCUT2D eigenvalue weighted by molar-refractivity contribution is 0.0400. The first-order chi connectivity index (χ1) is 9.19. The second-order valence-corrected chi connectivity index (χ2v) is 4.67. The van der Waals surface area contributed by atoms with E-state index in [-0.39, 0.29) is 11.6 Å². The first kappa shape index (κ1) is 12.3. The highest BCUT2D eigenvalue weighted by molar-refractivity contribution is 5.54. The van der Waals surface area contributed by atoms with E-state index in [1.807, 2.05) is 0 Å². The van der Waals surface area contributed by atoms with Crippen LogP contribution in [0, 0.1) is 5.82 Å². The SMILES string of the molecule is NC1(c2nc(-c3ccccc3F)no2)CCOCC1. The average Bonchev–Trinajstić information content (AvgIpc) is 2.90. The Morgan fingerprint density at radius 1 is 1.21 bits per heavy atom. The molecule has 0 amide bonds. The summed E-state index contributed by atoms with van der Waals surface area (Å²) >= 11 is 0. The van der Waals surface area contributed by atoms with Gasteiger partial charge in [0, 0.05) is 13.2 Å². The van der Waals surface area contributed by atoms with E-state index in [1.165, 1.54) is 6.07 Å². The van der Waals surface area contributed by atoms with Crippen LogP contribution in [0.15, 0.2) is 28.8 Å². The van der Waals surface area contributed by atoms with Crippen LogP contribution in [0.5, 0.6) is 0 Å². The Balaban J connectivity index is 1.93. The van der Waals surface area contributed by atoms with Gasteiger partial charge >= 0.3 is 0 Å². The molecule has 19 heavy (non-hydrogen) atoms. The largest absolute Gasteiger partial charge is 0.381 e. The van der Waals surface area contributed by atoms with Crippen LogP contribution in [-0.4, -0.2) is 23.4 Å². The van der Waals surface area contributed by atoms with Crippen molar-refractivity contribution in [3.63, 3.8) is 0 Å². The Morgan fingerprint density at radius 2 is 1.95 bits per heavy atom. The van der Waals surface area contributed by atoms with Crippen LogP contribution in [0.2, 0.25) is 0 Å². The average molecular weight is 263 g/mol. The van der Waals surface area contributed by atoms with E-state index in [0.29, 0.717) is 37.5 Å². The van der Waals surface area contributed by atoms with Crippen molar-refractivity contribution >= 4 is 0 Å². The van der Waals surface area contributed by atoms with Crippen LogP contribution in [0.4, 0.5) is 4.39 Å². The summed E-state index contributed by atoms with van der Waals surface area (Å²) in [5, 5.41) is 3.82. The molecular weight excluding hydrogens is 249 g/mol. The first-order valence-electron chi connectivity index (χ1n) is 6.15. The van der Waals surface area contributed by atoms with Crippen molar-refractivity contribution in [3.05, 3.63) is 36.0 Å². The highest BCUT2D eigenvalue weighted by Gasteiger charge is 2.36. The minimum Gasteiger partial charge on any atom is -0.381 e. The predicted octanol–water partition coefficient (Wildman–Crippen LogP) is 1.84. The van der Waals surface area contributed by atoms with E-state index in [9.17, 15) is 4.39 Å². The maximum absolute atomic E-state index is 13.6. The summed E-state index contributed by atoms with van der Waals surface area (Å²) in [6, 6.07) is 6.30. The van der Waals surface area contributed by atoms with E-state index < -0.39 is 5.54 Å². The summed E-state index contributed by atoms with van der Waals surface area (Å²) in [5.74, 6) is 0.186. The van der Waals surface area contributed by atoms with Crippen molar-refractivity contribution < 1.29 is 13.7 Å². The summed E-state index contributed by atoms with van der Waals surface area (Å²) in [5.41, 5.74) is 5.88. The number of hydrogen-bond donors (Lipinski definition) is 1. The Bertz CT molecular complexity index is 579. The van der Waals surface area contributed by atoms with Crippen molar-refractivity contribution in [1.29, 1.82) is 0 Å². The zero-order valence-corrected chi connectivity index (χ0v) is 10.3. The van der Waals surface area contributed by atoms with Crippen molar-refractivity contribution in [2.45, 2.75) is 18.4 Å². The lowest BCUT2D eigenvalue weighted by Crippen LogP contribution is -2.42.